The van der Waals surface area contributed by atoms with Gasteiger partial charge in [-0.2, -0.15) is 0 Å². The molecular weight excluding hydrogens is 274 g/mol. The molecule has 1 aromatic rings. The zero-order valence-corrected chi connectivity index (χ0v) is 13.4. The lowest BCUT2D eigenvalue weighted by molar-refractivity contribution is 0.0520. The van der Waals surface area contributed by atoms with E-state index in [1.165, 1.54) is 5.00 Å². The number of nitrogens with zero attached hydrogens (tertiary/aromatic N) is 2. The number of anilines is 1. The van der Waals surface area contributed by atoms with E-state index in [0.29, 0.717) is 12.5 Å². The summed E-state index contributed by atoms with van der Waals surface area (Å²) in [5.74, 6) is 0.477. The van der Waals surface area contributed by atoms with Crippen LogP contribution in [0.3, 0.4) is 0 Å². The van der Waals surface area contributed by atoms with E-state index in [1.54, 1.807) is 11.3 Å². The number of hydrogen-bond donors (Lipinski definition) is 1. The van der Waals surface area contributed by atoms with Gasteiger partial charge in [-0.15, -0.1) is 11.3 Å². The molecule has 1 saturated heterocycles. The van der Waals surface area contributed by atoms with Crippen LogP contribution in [0.1, 0.15) is 32.2 Å². The lowest BCUT2D eigenvalue weighted by Crippen LogP contribution is -2.35. The number of rotatable bonds is 3. The fourth-order valence-electron chi connectivity index (χ4n) is 2.24. The van der Waals surface area contributed by atoms with Gasteiger partial charge in [-0.1, -0.05) is 0 Å². The Kier molecular flexibility index (Phi) is 4.52. The van der Waals surface area contributed by atoms with Crippen molar-refractivity contribution in [3.05, 3.63) is 11.2 Å². The van der Waals surface area contributed by atoms with Crippen LogP contribution < -0.4 is 10.2 Å². The van der Waals surface area contributed by atoms with Gasteiger partial charge in [0.05, 0.1) is 11.2 Å². The number of amides is 1. The smallest absolute Gasteiger partial charge is 0.407 e. The second kappa shape index (κ2) is 5.99. The van der Waals surface area contributed by atoms with Crippen LogP contribution in [0, 0.1) is 12.8 Å². The summed E-state index contributed by atoms with van der Waals surface area (Å²) in [6.07, 6.45) is 2.70. The number of aryl methyl sites for hydroxylation is 1. The number of nitrogens with one attached hydrogen (secondary N) is 1. The molecule has 0 saturated carbocycles. The minimum absolute atomic E-state index is 0.329. The highest BCUT2D eigenvalue weighted by Gasteiger charge is 2.25. The highest BCUT2D eigenvalue weighted by molar-refractivity contribution is 7.15. The third-order valence-corrected chi connectivity index (χ3v) is 4.11. The van der Waals surface area contributed by atoms with E-state index in [4.69, 9.17) is 4.74 Å². The van der Waals surface area contributed by atoms with Gasteiger partial charge in [-0.3, -0.25) is 0 Å². The third-order valence-electron chi connectivity index (χ3n) is 3.14. The Balaban J connectivity index is 1.75. The van der Waals surface area contributed by atoms with Crippen LogP contribution in [0.5, 0.6) is 0 Å². The first-order valence-electron chi connectivity index (χ1n) is 6.98. The molecule has 0 bridgehead atoms. The molecule has 1 aliphatic rings. The van der Waals surface area contributed by atoms with Crippen molar-refractivity contribution in [1.82, 2.24) is 10.3 Å². The van der Waals surface area contributed by atoms with E-state index < -0.39 is 5.60 Å². The predicted molar refractivity (Wildman–Crippen MR) is 81.4 cm³/mol. The summed E-state index contributed by atoms with van der Waals surface area (Å²) in [7, 11) is 0. The molecule has 2 heterocycles. The van der Waals surface area contributed by atoms with Crippen molar-refractivity contribution in [3.63, 3.8) is 0 Å². The summed E-state index contributed by atoms with van der Waals surface area (Å²) in [4.78, 5) is 18.2. The average Bonchev–Trinajstić information content (AvgIpc) is 2.92. The summed E-state index contributed by atoms with van der Waals surface area (Å²) >= 11 is 1.72. The number of carbonyl (C=O) groups excluding carboxylic acids is 1. The summed E-state index contributed by atoms with van der Waals surface area (Å²) in [5, 5.41) is 5.18. The van der Waals surface area contributed by atoms with Gasteiger partial charge in [0.2, 0.25) is 0 Å². The molecule has 1 unspecified atom stereocenters. The molecule has 0 spiro atoms. The van der Waals surface area contributed by atoms with Crippen LogP contribution in [-0.2, 0) is 4.74 Å². The topological polar surface area (TPSA) is 54.5 Å². The van der Waals surface area contributed by atoms with Crippen molar-refractivity contribution in [2.45, 2.75) is 39.7 Å². The molecule has 0 radical (unpaired) electrons. The molecule has 5 nitrogen and oxygen atoms in total. The van der Waals surface area contributed by atoms with Crippen molar-refractivity contribution in [1.29, 1.82) is 0 Å². The number of hydrogen-bond acceptors (Lipinski definition) is 5. The quantitative estimate of drug-likeness (QED) is 0.932. The molecule has 0 aliphatic carbocycles. The Morgan fingerprint density at radius 2 is 2.35 bits per heavy atom. The average molecular weight is 297 g/mol. The van der Waals surface area contributed by atoms with E-state index in [0.717, 1.165) is 24.5 Å². The van der Waals surface area contributed by atoms with Crippen LogP contribution >= 0.6 is 11.3 Å². The Morgan fingerprint density at radius 1 is 1.60 bits per heavy atom. The number of aromatic nitrogens is 1. The second-order valence-electron chi connectivity index (χ2n) is 6.20. The maximum Gasteiger partial charge on any atom is 0.407 e. The molecule has 1 N–H and O–H groups in total. The van der Waals surface area contributed by atoms with Crippen molar-refractivity contribution in [2.24, 2.45) is 5.92 Å². The largest absolute Gasteiger partial charge is 0.444 e. The highest BCUT2D eigenvalue weighted by Crippen LogP contribution is 2.28. The molecule has 112 valence electrons. The molecule has 1 fully saturated rings. The van der Waals surface area contributed by atoms with Crippen LogP contribution in [-0.4, -0.2) is 36.3 Å². The molecule has 1 aromatic heterocycles. The van der Waals surface area contributed by atoms with Crippen LogP contribution in [0.4, 0.5) is 9.80 Å². The Bertz CT molecular complexity index is 467. The zero-order chi connectivity index (χ0) is 14.8. The summed E-state index contributed by atoms with van der Waals surface area (Å²) in [6.45, 7) is 10.3. The van der Waals surface area contributed by atoms with Gasteiger partial charge in [0.25, 0.3) is 0 Å². The number of thiazole rings is 1. The zero-order valence-electron chi connectivity index (χ0n) is 12.6. The first-order chi connectivity index (χ1) is 9.33. The molecule has 2 rings (SSSR count). The van der Waals surface area contributed by atoms with Gasteiger partial charge >= 0.3 is 6.09 Å². The van der Waals surface area contributed by atoms with Crippen molar-refractivity contribution >= 4 is 22.4 Å². The lowest BCUT2D eigenvalue weighted by Gasteiger charge is -2.21. The Hall–Kier alpha value is -1.30. The summed E-state index contributed by atoms with van der Waals surface area (Å²) in [5.41, 5.74) is -0.439. The van der Waals surface area contributed by atoms with Crippen LogP contribution in [0.25, 0.3) is 0 Å². The monoisotopic (exact) mass is 297 g/mol. The van der Waals surface area contributed by atoms with E-state index in [1.807, 2.05) is 33.9 Å². The van der Waals surface area contributed by atoms with E-state index in [-0.39, 0.29) is 6.09 Å². The summed E-state index contributed by atoms with van der Waals surface area (Å²) in [6, 6.07) is 0. The Morgan fingerprint density at radius 3 is 2.95 bits per heavy atom. The first kappa shape index (κ1) is 15.1. The molecule has 0 aromatic carbocycles. The standard InChI is InChI=1S/C14H23N3O2S/c1-10-15-8-12(20-10)17-6-5-11(9-17)7-16-13(18)19-14(2,3)4/h8,11H,5-7,9H2,1-4H3,(H,16,18). The molecule has 1 aliphatic heterocycles. The molecule has 1 atom stereocenters. The van der Waals surface area contributed by atoms with Gasteiger partial charge in [0.1, 0.15) is 10.6 Å². The van der Waals surface area contributed by atoms with E-state index in [2.05, 4.69) is 15.2 Å². The van der Waals surface area contributed by atoms with Crippen molar-refractivity contribution < 1.29 is 9.53 Å². The van der Waals surface area contributed by atoms with Crippen molar-refractivity contribution in [2.75, 3.05) is 24.5 Å². The number of ether oxygens (including phenoxy) is 1. The minimum atomic E-state index is -0.439. The predicted octanol–water partition coefficient (Wildman–Crippen LogP) is 2.80. The third kappa shape index (κ3) is 4.37. The maximum absolute atomic E-state index is 11.6. The van der Waals surface area contributed by atoms with Gasteiger partial charge in [0, 0.05) is 19.6 Å². The van der Waals surface area contributed by atoms with Gasteiger partial charge < -0.3 is 15.0 Å². The van der Waals surface area contributed by atoms with Crippen LogP contribution in [0.2, 0.25) is 0 Å². The second-order valence-corrected chi connectivity index (χ2v) is 7.41. The first-order valence-corrected chi connectivity index (χ1v) is 7.79. The lowest BCUT2D eigenvalue weighted by atomic mass is 10.1. The van der Waals surface area contributed by atoms with Gasteiger partial charge in [-0.25, -0.2) is 9.78 Å². The fraction of sp³-hybridized carbons (Fsp3) is 0.714. The minimum Gasteiger partial charge on any atom is -0.444 e. The molecule has 20 heavy (non-hydrogen) atoms. The van der Waals surface area contributed by atoms with Gasteiger partial charge in [-0.05, 0) is 40.0 Å². The Labute approximate surface area is 124 Å². The highest BCUT2D eigenvalue weighted by atomic mass is 32.1. The fourth-order valence-corrected chi connectivity index (χ4v) is 3.05. The van der Waals surface area contributed by atoms with E-state index in [9.17, 15) is 4.79 Å². The SMILES string of the molecule is Cc1ncc(N2CCC(CNC(=O)OC(C)(C)C)C2)s1. The van der Waals surface area contributed by atoms with Crippen LogP contribution in [0.15, 0.2) is 6.20 Å². The molecule has 6 heteroatoms. The number of alkyl carbamates (subject to hydrolysis) is 1. The maximum atomic E-state index is 11.6. The normalized spacial score (nSPS) is 19.2. The summed E-state index contributed by atoms with van der Waals surface area (Å²) < 4.78 is 5.24. The number of carbonyl (C=O) groups is 1. The molecular formula is C14H23N3O2S. The van der Waals surface area contributed by atoms with E-state index >= 15 is 0 Å². The van der Waals surface area contributed by atoms with Crippen molar-refractivity contribution in [3.8, 4) is 0 Å². The van der Waals surface area contributed by atoms with Gasteiger partial charge in [0.15, 0.2) is 0 Å². The molecule has 1 amide bonds.